The monoisotopic (exact) mass is 506 g/mol. The first-order valence-electron chi connectivity index (χ1n) is 9.03. The summed E-state index contributed by atoms with van der Waals surface area (Å²) >= 11 is 9.24. The molecule has 4 aromatic rings. The fourth-order valence-corrected chi connectivity index (χ4v) is 4.18. The van der Waals surface area contributed by atoms with Gasteiger partial charge in [-0.05, 0) is 51.8 Å². The minimum Gasteiger partial charge on any atom is -0.497 e. The number of nitrogens with one attached hydrogen (secondary N) is 1. The van der Waals surface area contributed by atoms with E-state index in [4.69, 9.17) is 16.3 Å². The number of H-pyrrole nitrogens is 1. The predicted octanol–water partition coefficient (Wildman–Crippen LogP) is 5.31. The van der Waals surface area contributed by atoms with Crippen molar-refractivity contribution in [3.8, 4) is 5.75 Å². The molecule has 4 rings (SSSR count). The van der Waals surface area contributed by atoms with Gasteiger partial charge in [0.2, 0.25) is 0 Å². The summed E-state index contributed by atoms with van der Waals surface area (Å²) < 4.78 is 35.2. The minimum absolute atomic E-state index is 0.0108. The van der Waals surface area contributed by atoms with E-state index in [1.54, 1.807) is 31.4 Å². The minimum atomic E-state index is -0.868. The molecule has 31 heavy (non-hydrogen) atoms. The number of fused-ring (bicyclic) bond motifs is 1. The van der Waals surface area contributed by atoms with Crippen molar-refractivity contribution in [1.29, 1.82) is 0 Å². The van der Waals surface area contributed by atoms with Crippen molar-refractivity contribution in [3.05, 3.63) is 96.8 Å². The normalized spacial score (nSPS) is 11.1. The van der Waals surface area contributed by atoms with Gasteiger partial charge in [-0.15, -0.1) is 0 Å². The number of aromatic amines is 1. The summed E-state index contributed by atoms with van der Waals surface area (Å²) in [5.74, 6) is -1.68. The second kappa shape index (κ2) is 8.28. The van der Waals surface area contributed by atoms with Crippen LogP contribution < -0.4 is 10.4 Å². The largest absolute Gasteiger partial charge is 0.497 e. The number of nitrogens with zero attached hydrogens (tertiary/aromatic N) is 1. The van der Waals surface area contributed by atoms with Crippen molar-refractivity contribution in [2.24, 2.45) is 0 Å². The summed E-state index contributed by atoms with van der Waals surface area (Å²) in [6.45, 7) is 0.178. The number of ketones is 1. The summed E-state index contributed by atoms with van der Waals surface area (Å²) in [4.78, 5) is 28.1. The van der Waals surface area contributed by atoms with Crippen LogP contribution in [0.25, 0.3) is 11.0 Å². The Morgan fingerprint density at radius 2 is 1.87 bits per heavy atom. The molecule has 0 saturated heterocycles. The van der Waals surface area contributed by atoms with Crippen LogP contribution >= 0.6 is 27.5 Å². The number of benzene rings is 3. The Morgan fingerprint density at radius 3 is 2.55 bits per heavy atom. The molecule has 0 spiro atoms. The second-order valence-electron chi connectivity index (χ2n) is 6.76. The van der Waals surface area contributed by atoms with Crippen LogP contribution in [0.5, 0.6) is 5.75 Å². The molecule has 0 saturated carbocycles. The molecule has 0 aliphatic heterocycles. The molecule has 0 unspecified atom stereocenters. The van der Waals surface area contributed by atoms with E-state index in [0.717, 1.165) is 23.8 Å². The molecule has 0 fully saturated rings. The van der Waals surface area contributed by atoms with Crippen LogP contribution in [0.3, 0.4) is 0 Å². The fourth-order valence-electron chi connectivity index (χ4n) is 3.31. The molecule has 5 nitrogen and oxygen atoms in total. The van der Waals surface area contributed by atoms with E-state index in [9.17, 15) is 14.0 Å². The second-order valence-corrected chi connectivity index (χ2v) is 7.96. The number of rotatable bonds is 5. The van der Waals surface area contributed by atoms with Crippen LogP contribution in [0, 0.1) is 11.6 Å². The molecule has 0 aliphatic carbocycles. The molecule has 9 heteroatoms. The van der Waals surface area contributed by atoms with Gasteiger partial charge in [-0.2, -0.15) is 0 Å². The molecule has 1 N–H and O–H groups in total. The summed E-state index contributed by atoms with van der Waals surface area (Å²) in [7, 11) is 1.55. The number of carbonyl (C=O) groups excluding carboxylic acids is 1. The topological polar surface area (TPSA) is 64.1 Å². The standard InChI is InChI=1S/C22H14BrClF2N2O3/c1-31-13-5-2-11(3-6-13)10-28-17-9-16(26)18(19(23)20(17)27-22(28)30)21(29)14-8-12(25)4-7-15(14)24/h2-9H,10H2,1H3,(H,27,30). The highest BCUT2D eigenvalue weighted by atomic mass is 79.9. The molecule has 0 bridgehead atoms. The van der Waals surface area contributed by atoms with Crippen LogP contribution in [0.2, 0.25) is 5.02 Å². The first kappa shape index (κ1) is 21.3. The molecule has 0 amide bonds. The smallest absolute Gasteiger partial charge is 0.326 e. The average Bonchev–Trinajstić information content (AvgIpc) is 3.06. The van der Waals surface area contributed by atoms with Gasteiger partial charge < -0.3 is 9.72 Å². The number of hydrogen-bond acceptors (Lipinski definition) is 3. The summed E-state index contributed by atoms with van der Waals surface area (Å²) in [5, 5.41) is -0.0108. The van der Waals surface area contributed by atoms with E-state index >= 15 is 4.39 Å². The van der Waals surface area contributed by atoms with Crippen molar-refractivity contribution in [2.75, 3.05) is 7.11 Å². The molecule has 0 atom stereocenters. The third-order valence-electron chi connectivity index (χ3n) is 4.87. The lowest BCUT2D eigenvalue weighted by Crippen LogP contribution is -2.17. The van der Waals surface area contributed by atoms with Gasteiger partial charge in [-0.3, -0.25) is 9.36 Å². The number of ether oxygens (including phenoxy) is 1. The van der Waals surface area contributed by atoms with Crippen LogP contribution in [-0.4, -0.2) is 22.4 Å². The SMILES string of the molecule is COc1ccc(Cn2c(=O)[nH]c3c(Br)c(C(=O)c4cc(F)ccc4Cl)c(F)cc32)cc1. The van der Waals surface area contributed by atoms with Gasteiger partial charge >= 0.3 is 5.69 Å². The molecule has 3 aromatic carbocycles. The zero-order valence-electron chi connectivity index (χ0n) is 16.0. The lowest BCUT2D eigenvalue weighted by Gasteiger charge is -2.10. The third-order valence-corrected chi connectivity index (χ3v) is 5.99. The van der Waals surface area contributed by atoms with E-state index in [-0.39, 0.29) is 38.2 Å². The summed E-state index contributed by atoms with van der Waals surface area (Å²) in [5.41, 5.74) is 0.313. The van der Waals surface area contributed by atoms with Gasteiger partial charge in [0.25, 0.3) is 0 Å². The highest BCUT2D eigenvalue weighted by Gasteiger charge is 2.24. The Balaban J connectivity index is 1.82. The van der Waals surface area contributed by atoms with Crippen molar-refractivity contribution in [2.45, 2.75) is 6.54 Å². The quantitative estimate of drug-likeness (QED) is 0.372. The van der Waals surface area contributed by atoms with Crippen molar-refractivity contribution >= 4 is 44.3 Å². The molecular formula is C22H14BrClF2N2O3. The molecular weight excluding hydrogens is 494 g/mol. The molecule has 0 aliphatic rings. The number of halogens is 4. The highest BCUT2D eigenvalue weighted by Crippen LogP contribution is 2.32. The first-order chi connectivity index (χ1) is 14.8. The van der Waals surface area contributed by atoms with Crippen LogP contribution in [0.15, 0.2) is 57.8 Å². The van der Waals surface area contributed by atoms with Crippen LogP contribution in [0.1, 0.15) is 21.5 Å². The molecule has 0 radical (unpaired) electrons. The Bertz CT molecular complexity index is 1380. The first-order valence-corrected chi connectivity index (χ1v) is 10.2. The van der Waals surface area contributed by atoms with Crippen molar-refractivity contribution in [3.63, 3.8) is 0 Å². The fraction of sp³-hybridized carbons (Fsp3) is 0.0909. The Labute approximate surface area is 188 Å². The van der Waals surface area contributed by atoms with Gasteiger partial charge in [0.15, 0.2) is 5.78 Å². The van der Waals surface area contributed by atoms with Crippen molar-refractivity contribution in [1.82, 2.24) is 9.55 Å². The van der Waals surface area contributed by atoms with E-state index < -0.39 is 23.1 Å². The number of methoxy groups -OCH3 is 1. The molecule has 1 heterocycles. The number of imidazole rings is 1. The van der Waals surface area contributed by atoms with Crippen molar-refractivity contribution < 1.29 is 18.3 Å². The molecule has 1 aromatic heterocycles. The maximum Gasteiger partial charge on any atom is 0.326 e. The lowest BCUT2D eigenvalue weighted by molar-refractivity contribution is 0.103. The van der Waals surface area contributed by atoms with E-state index in [1.165, 1.54) is 10.6 Å². The maximum atomic E-state index is 15.0. The Morgan fingerprint density at radius 1 is 1.16 bits per heavy atom. The average molecular weight is 508 g/mol. The Hall–Kier alpha value is -2.97. The predicted molar refractivity (Wildman–Crippen MR) is 117 cm³/mol. The number of hydrogen-bond donors (Lipinski definition) is 1. The van der Waals surface area contributed by atoms with Gasteiger partial charge in [0.1, 0.15) is 17.4 Å². The van der Waals surface area contributed by atoms with E-state index in [1.807, 2.05) is 0 Å². The highest BCUT2D eigenvalue weighted by molar-refractivity contribution is 9.10. The van der Waals surface area contributed by atoms with Gasteiger partial charge in [-0.1, -0.05) is 23.7 Å². The van der Waals surface area contributed by atoms with Crippen LogP contribution in [0.4, 0.5) is 8.78 Å². The maximum absolute atomic E-state index is 15.0. The third kappa shape index (κ3) is 3.88. The number of carbonyl (C=O) groups is 1. The van der Waals surface area contributed by atoms with E-state index in [0.29, 0.717) is 5.75 Å². The van der Waals surface area contributed by atoms with Crippen LogP contribution in [-0.2, 0) is 6.54 Å². The summed E-state index contributed by atoms with van der Waals surface area (Å²) in [6.07, 6.45) is 0. The summed E-state index contributed by atoms with van der Waals surface area (Å²) in [6, 6.07) is 11.5. The van der Waals surface area contributed by atoms with E-state index in [2.05, 4.69) is 20.9 Å². The zero-order valence-corrected chi connectivity index (χ0v) is 18.4. The van der Waals surface area contributed by atoms with Gasteiger partial charge in [0, 0.05) is 11.6 Å². The zero-order chi connectivity index (χ0) is 22.3. The Kier molecular flexibility index (Phi) is 5.68. The van der Waals surface area contributed by atoms with Gasteiger partial charge in [-0.25, -0.2) is 13.6 Å². The molecule has 158 valence electrons. The van der Waals surface area contributed by atoms with Gasteiger partial charge in [0.05, 0.1) is 39.7 Å². The lowest BCUT2D eigenvalue weighted by atomic mass is 10.0. The number of aromatic nitrogens is 2.